The van der Waals surface area contributed by atoms with Crippen LogP contribution in [0.4, 0.5) is 0 Å². The SMILES string of the molecule is OC(O)CCCc1ccc2c(-c3c(P(c4ccccc4)c4ccccc4)ccc4ccccc34)c(P(c3ccccc3)c3ccccc3)ccc2c1. The smallest absolute Gasteiger partial charge is 0.151 e. The van der Waals surface area contributed by atoms with Crippen LogP contribution in [-0.2, 0) is 6.42 Å². The van der Waals surface area contributed by atoms with E-state index in [0.29, 0.717) is 12.8 Å². The maximum absolute atomic E-state index is 9.52. The second-order valence-corrected chi connectivity index (χ2v) is 17.5. The Kier molecular flexibility index (Phi) is 10.3. The number of fused-ring (bicyclic) bond motifs is 2. The van der Waals surface area contributed by atoms with Gasteiger partial charge in [-0.1, -0.05) is 188 Å². The van der Waals surface area contributed by atoms with E-state index in [2.05, 4.69) is 188 Å². The highest BCUT2D eigenvalue weighted by molar-refractivity contribution is 7.80. The Balaban J connectivity index is 1.48. The number of aliphatic hydroxyl groups excluding tert-OH is 1. The van der Waals surface area contributed by atoms with Crippen molar-refractivity contribution in [2.24, 2.45) is 0 Å². The minimum Gasteiger partial charge on any atom is -0.368 e. The molecule has 0 aliphatic carbocycles. The highest BCUT2D eigenvalue weighted by Gasteiger charge is 2.28. The van der Waals surface area contributed by atoms with Gasteiger partial charge < -0.3 is 10.2 Å². The van der Waals surface area contributed by atoms with Crippen molar-refractivity contribution in [1.29, 1.82) is 0 Å². The van der Waals surface area contributed by atoms with Crippen LogP contribution in [-0.4, -0.2) is 16.5 Å². The normalized spacial score (nSPS) is 11.6. The molecule has 0 amide bonds. The predicted octanol–water partition coefficient (Wildman–Crippen LogP) is 8.81. The first kappa shape index (κ1) is 34.2. The molecule has 0 radical (unpaired) electrons. The third kappa shape index (κ3) is 7.09. The van der Waals surface area contributed by atoms with E-state index in [-0.39, 0.29) is 0 Å². The van der Waals surface area contributed by atoms with E-state index in [4.69, 9.17) is 0 Å². The molecule has 0 saturated carbocycles. The van der Waals surface area contributed by atoms with Crippen LogP contribution in [0.5, 0.6) is 0 Å². The molecule has 4 heteroatoms. The maximum Gasteiger partial charge on any atom is 0.151 e. The lowest BCUT2D eigenvalue weighted by Gasteiger charge is -2.28. The Morgan fingerprint density at radius 2 is 0.827 bits per heavy atom. The first-order valence-corrected chi connectivity index (χ1v) is 20.6. The van der Waals surface area contributed by atoms with E-state index in [1.807, 2.05) is 0 Å². The summed E-state index contributed by atoms with van der Waals surface area (Å²) >= 11 is 0. The van der Waals surface area contributed by atoms with Crippen LogP contribution in [0.1, 0.15) is 18.4 Å². The molecule has 0 aromatic heterocycles. The number of benzene rings is 8. The average molecular weight is 711 g/mol. The summed E-state index contributed by atoms with van der Waals surface area (Å²) in [4.78, 5) is 0. The quantitative estimate of drug-likeness (QED) is 0.104. The monoisotopic (exact) mass is 710 g/mol. The van der Waals surface area contributed by atoms with Crippen LogP contribution >= 0.6 is 15.8 Å². The van der Waals surface area contributed by atoms with Crippen molar-refractivity contribution < 1.29 is 10.2 Å². The van der Waals surface area contributed by atoms with Crippen LogP contribution in [0.15, 0.2) is 188 Å². The highest BCUT2D eigenvalue weighted by atomic mass is 31.1. The van der Waals surface area contributed by atoms with E-state index in [1.165, 1.54) is 70.1 Å². The number of aryl methyl sites for hydroxylation is 1. The van der Waals surface area contributed by atoms with Gasteiger partial charge in [0.15, 0.2) is 6.29 Å². The van der Waals surface area contributed by atoms with Crippen molar-refractivity contribution >= 4 is 69.2 Å². The molecule has 0 atom stereocenters. The summed E-state index contributed by atoms with van der Waals surface area (Å²) in [5, 5.41) is 31.9. The molecule has 0 aliphatic rings. The molecule has 0 fully saturated rings. The number of aliphatic hydroxyl groups is 2. The van der Waals surface area contributed by atoms with E-state index in [1.54, 1.807) is 0 Å². The second kappa shape index (κ2) is 15.7. The van der Waals surface area contributed by atoms with Crippen molar-refractivity contribution in [3.63, 3.8) is 0 Å². The van der Waals surface area contributed by atoms with Crippen molar-refractivity contribution in [3.8, 4) is 11.1 Å². The number of hydrogen-bond donors (Lipinski definition) is 2. The van der Waals surface area contributed by atoms with Gasteiger partial charge in [-0.05, 0) is 105 Å². The molecule has 0 saturated heterocycles. The highest BCUT2D eigenvalue weighted by Crippen LogP contribution is 2.45. The van der Waals surface area contributed by atoms with Crippen LogP contribution in [0.2, 0.25) is 0 Å². The first-order chi connectivity index (χ1) is 25.7. The Labute approximate surface area is 308 Å². The van der Waals surface area contributed by atoms with Gasteiger partial charge in [0.2, 0.25) is 0 Å². The lowest BCUT2D eigenvalue weighted by Crippen LogP contribution is -2.26. The van der Waals surface area contributed by atoms with Crippen LogP contribution in [0.3, 0.4) is 0 Å². The molecule has 52 heavy (non-hydrogen) atoms. The molecule has 2 N–H and O–H groups in total. The van der Waals surface area contributed by atoms with Gasteiger partial charge in [-0.15, -0.1) is 0 Å². The van der Waals surface area contributed by atoms with E-state index in [9.17, 15) is 10.2 Å². The Bertz CT molecular complexity index is 2330. The summed E-state index contributed by atoms with van der Waals surface area (Å²) in [7, 11) is -1.85. The molecule has 0 unspecified atom stereocenters. The predicted molar refractivity (Wildman–Crippen MR) is 225 cm³/mol. The fourth-order valence-corrected chi connectivity index (χ4v) is 12.3. The lowest BCUT2D eigenvalue weighted by atomic mass is 9.92. The summed E-state index contributed by atoms with van der Waals surface area (Å²) in [6.07, 6.45) is 0.590. The topological polar surface area (TPSA) is 40.5 Å². The van der Waals surface area contributed by atoms with Crippen molar-refractivity contribution in [3.05, 3.63) is 194 Å². The fourth-order valence-electron chi connectivity index (χ4n) is 7.33. The number of hydrogen-bond acceptors (Lipinski definition) is 2. The molecule has 0 spiro atoms. The van der Waals surface area contributed by atoms with Gasteiger partial charge in [-0.3, -0.25) is 0 Å². The van der Waals surface area contributed by atoms with Gasteiger partial charge in [0.25, 0.3) is 0 Å². The largest absolute Gasteiger partial charge is 0.368 e. The maximum atomic E-state index is 9.52. The van der Waals surface area contributed by atoms with Gasteiger partial charge in [0, 0.05) is 0 Å². The fraction of sp³-hybridized carbons (Fsp3) is 0.0833. The summed E-state index contributed by atoms with van der Waals surface area (Å²) in [5.74, 6) is 0. The summed E-state index contributed by atoms with van der Waals surface area (Å²) in [6, 6.07) is 69.2. The molecule has 254 valence electrons. The molecular formula is C48H40O2P2. The third-order valence-electron chi connectivity index (χ3n) is 9.69. The van der Waals surface area contributed by atoms with Gasteiger partial charge in [-0.2, -0.15) is 0 Å². The van der Waals surface area contributed by atoms with Crippen LogP contribution in [0, 0.1) is 0 Å². The minimum atomic E-state index is -1.28. The first-order valence-electron chi connectivity index (χ1n) is 17.9. The molecule has 0 aliphatic heterocycles. The molecule has 0 bridgehead atoms. The van der Waals surface area contributed by atoms with Crippen LogP contribution < -0.4 is 31.8 Å². The van der Waals surface area contributed by atoms with E-state index in [0.717, 1.165) is 6.42 Å². The van der Waals surface area contributed by atoms with Gasteiger partial charge in [0.1, 0.15) is 0 Å². The lowest BCUT2D eigenvalue weighted by molar-refractivity contribution is -0.0461. The zero-order valence-electron chi connectivity index (χ0n) is 28.9. The molecule has 2 nitrogen and oxygen atoms in total. The average Bonchev–Trinajstić information content (AvgIpc) is 3.19. The molecular weight excluding hydrogens is 670 g/mol. The molecule has 8 aromatic carbocycles. The van der Waals surface area contributed by atoms with E-state index < -0.39 is 22.1 Å². The zero-order chi connectivity index (χ0) is 35.3. The van der Waals surface area contributed by atoms with Crippen LogP contribution in [0.25, 0.3) is 32.7 Å². The minimum absolute atomic E-state index is 0.364. The number of rotatable bonds is 11. The Hall–Kier alpha value is -4.94. The van der Waals surface area contributed by atoms with E-state index >= 15 is 0 Å². The summed E-state index contributed by atoms with van der Waals surface area (Å²) < 4.78 is 0. The Morgan fingerprint density at radius 3 is 1.31 bits per heavy atom. The van der Waals surface area contributed by atoms with Gasteiger partial charge >= 0.3 is 0 Å². The van der Waals surface area contributed by atoms with Crippen molar-refractivity contribution in [2.75, 3.05) is 0 Å². The summed E-state index contributed by atoms with van der Waals surface area (Å²) in [6.45, 7) is 0. The zero-order valence-corrected chi connectivity index (χ0v) is 30.7. The molecule has 0 heterocycles. The van der Waals surface area contributed by atoms with Crippen molar-refractivity contribution in [2.45, 2.75) is 25.6 Å². The molecule has 8 rings (SSSR count). The van der Waals surface area contributed by atoms with Gasteiger partial charge in [-0.25, -0.2) is 0 Å². The van der Waals surface area contributed by atoms with Crippen molar-refractivity contribution in [1.82, 2.24) is 0 Å². The standard InChI is InChI=1S/C48H40O2P2/c49-46(50)27-15-16-35-28-31-43-37(34-35)30-33-45(52(40-22-9-3-10-23-40)41-24-11-4-12-25-41)48(43)47-42-26-14-13-17-36(42)29-32-44(47)51(38-18-5-1-6-19-38)39-20-7-2-8-21-39/h1-14,17-26,28-34,46,49-50H,15-16,27H2. The second-order valence-electron chi connectivity index (χ2n) is 13.1. The summed E-state index contributed by atoms with van der Waals surface area (Å²) in [5.41, 5.74) is 3.79. The molecule has 8 aromatic rings. The third-order valence-corrected chi connectivity index (χ3v) is 14.7. The Morgan fingerprint density at radius 1 is 0.404 bits per heavy atom. The van der Waals surface area contributed by atoms with Gasteiger partial charge in [0.05, 0.1) is 0 Å².